The summed E-state index contributed by atoms with van der Waals surface area (Å²) in [6.45, 7) is 4.74. The van der Waals surface area contributed by atoms with Gasteiger partial charge in [0.05, 0.1) is 25.9 Å². The van der Waals surface area contributed by atoms with Gasteiger partial charge in [-0.1, -0.05) is 17.7 Å². The van der Waals surface area contributed by atoms with E-state index < -0.39 is 47.3 Å². The van der Waals surface area contributed by atoms with Crippen LogP contribution in [0.2, 0.25) is 5.02 Å². The van der Waals surface area contributed by atoms with Crippen molar-refractivity contribution in [3.8, 4) is 0 Å². The van der Waals surface area contributed by atoms with E-state index in [-0.39, 0.29) is 73.2 Å². The summed E-state index contributed by atoms with van der Waals surface area (Å²) in [4.78, 5) is 41.1. The Kier molecular flexibility index (Phi) is 8.58. The minimum Gasteiger partial charge on any atom is -0.467 e. The van der Waals surface area contributed by atoms with E-state index in [0.717, 1.165) is 10.7 Å². The molecule has 3 heterocycles. The van der Waals surface area contributed by atoms with Crippen LogP contribution in [-0.4, -0.2) is 69.4 Å². The smallest absolute Gasteiger partial charge is 0.435 e. The zero-order chi connectivity index (χ0) is 30.3. The lowest BCUT2D eigenvalue weighted by atomic mass is 9.99. The van der Waals surface area contributed by atoms with Gasteiger partial charge in [0.25, 0.3) is 0 Å². The van der Waals surface area contributed by atoms with Crippen molar-refractivity contribution in [2.24, 2.45) is 5.92 Å². The van der Waals surface area contributed by atoms with E-state index in [2.05, 4.69) is 5.10 Å². The minimum atomic E-state index is -4.72. The second-order valence-corrected chi connectivity index (χ2v) is 11.6. The average Bonchev–Trinajstić information content (AvgIpc) is 3.45. The fourth-order valence-electron chi connectivity index (χ4n) is 5.19. The number of aromatic nitrogens is 2. The number of nitrogens with zero attached hydrogens (tertiary/aromatic N) is 4. The van der Waals surface area contributed by atoms with Gasteiger partial charge < -0.3 is 14.4 Å². The number of rotatable bonds is 5. The molecule has 1 aromatic heterocycles. The number of methoxy groups -OCH3 is 1. The molecular formula is C27H31ClF4N4O5. The SMILES string of the molecule is COC(=O)[C@@H]1CC(CC(=O)N2CCc3c(C(F)(F)F)nn(Cc4ccc(Cl)cc4F)c3C2)CN1C(=O)OC(C)(C)C. The fourth-order valence-corrected chi connectivity index (χ4v) is 5.35. The van der Waals surface area contributed by atoms with E-state index in [1.54, 1.807) is 20.8 Å². The number of halogens is 5. The largest absolute Gasteiger partial charge is 0.467 e. The van der Waals surface area contributed by atoms with Crippen LogP contribution in [0.15, 0.2) is 18.2 Å². The quantitative estimate of drug-likeness (QED) is 0.360. The summed E-state index contributed by atoms with van der Waals surface area (Å²) in [5.41, 5.74) is -1.62. The van der Waals surface area contributed by atoms with Crippen molar-refractivity contribution >= 4 is 29.6 Å². The van der Waals surface area contributed by atoms with Crippen molar-refractivity contribution in [3.05, 3.63) is 51.6 Å². The Labute approximate surface area is 239 Å². The Morgan fingerprint density at radius 1 is 1.17 bits per heavy atom. The molecule has 4 rings (SSSR count). The molecule has 2 aliphatic heterocycles. The van der Waals surface area contributed by atoms with Gasteiger partial charge in [0.2, 0.25) is 5.91 Å². The monoisotopic (exact) mass is 602 g/mol. The first kappa shape index (κ1) is 30.6. The van der Waals surface area contributed by atoms with Crippen LogP contribution >= 0.6 is 11.6 Å². The molecule has 2 atom stereocenters. The molecule has 2 aromatic rings. The summed E-state index contributed by atoms with van der Waals surface area (Å²) in [5, 5.41) is 3.91. The summed E-state index contributed by atoms with van der Waals surface area (Å²) in [6.07, 6.45) is -5.39. The maximum absolute atomic E-state index is 14.5. The van der Waals surface area contributed by atoms with Gasteiger partial charge in [0.1, 0.15) is 17.5 Å². The number of hydrogen-bond acceptors (Lipinski definition) is 6. The van der Waals surface area contributed by atoms with Crippen molar-refractivity contribution in [2.75, 3.05) is 20.2 Å². The highest BCUT2D eigenvalue weighted by atomic mass is 35.5. The van der Waals surface area contributed by atoms with E-state index in [0.29, 0.717) is 0 Å². The number of fused-ring (bicyclic) bond motifs is 1. The Balaban J connectivity index is 1.52. The van der Waals surface area contributed by atoms with Gasteiger partial charge in [-0.15, -0.1) is 0 Å². The maximum Gasteiger partial charge on any atom is 0.435 e. The molecule has 9 nitrogen and oxygen atoms in total. The third-order valence-electron chi connectivity index (χ3n) is 7.05. The Bertz CT molecular complexity index is 1340. The highest BCUT2D eigenvalue weighted by Gasteiger charge is 2.44. The number of amides is 2. The molecule has 41 heavy (non-hydrogen) atoms. The van der Waals surface area contributed by atoms with Gasteiger partial charge >= 0.3 is 18.2 Å². The lowest BCUT2D eigenvalue weighted by Crippen LogP contribution is -2.44. The van der Waals surface area contributed by atoms with E-state index in [9.17, 15) is 31.9 Å². The number of benzene rings is 1. The van der Waals surface area contributed by atoms with Gasteiger partial charge in [-0.2, -0.15) is 18.3 Å². The number of likely N-dealkylation sites (tertiary alicyclic amines) is 1. The first-order valence-electron chi connectivity index (χ1n) is 13.0. The summed E-state index contributed by atoms with van der Waals surface area (Å²) in [5.74, 6) is -2.07. The summed E-state index contributed by atoms with van der Waals surface area (Å²) in [7, 11) is 1.20. The number of esters is 1. The van der Waals surface area contributed by atoms with Crippen LogP contribution in [0, 0.1) is 11.7 Å². The molecule has 2 aliphatic rings. The van der Waals surface area contributed by atoms with Crippen LogP contribution < -0.4 is 0 Å². The third-order valence-corrected chi connectivity index (χ3v) is 7.28. The number of hydrogen-bond donors (Lipinski definition) is 0. The van der Waals surface area contributed by atoms with Crippen molar-refractivity contribution in [2.45, 2.75) is 70.9 Å². The van der Waals surface area contributed by atoms with Gasteiger partial charge in [0.15, 0.2) is 5.69 Å². The fraction of sp³-hybridized carbons (Fsp3) is 0.556. The predicted molar refractivity (Wildman–Crippen MR) is 138 cm³/mol. The first-order valence-corrected chi connectivity index (χ1v) is 13.4. The van der Waals surface area contributed by atoms with Crippen LogP contribution in [0.1, 0.15) is 56.1 Å². The Morgan fingerprint density at radius 2 is 1.88 bits per heavy atom. The van der Waals surface area contributed by atoms with Crippen molar-refractivity contribution in [1.82, 2.24) is 19.6 Å². The maximum atomic E-state index is 14.5. The lowest BCUT2D eigenvalue weighted by molar-refractivity contribution is -0.146. The molecule has 1 fully saturated rings. The molecular weight excluding hydrogens is 572 g/mol. The topological polar surface area (TPSA) is 94.0 Å². The van der Waals surface area contributed by atoms with Gasteiger partial charge in [-0.3, -0.25) is 14.4 Å². The lowest BCUT2D eigenvalue weighted by Gasteiger charge is -2.29. The van der Waals surface area contributed by atoms with Gasteiger partial charge in [-0.25, -0.2) is 14.0 Å². The summed E-state index contributed by atoms with van der Waals surface area (Å²) < 4.78 is 67.2. The molecule has 0 saturated carbocycles. The van der Waals surface area contributed by atoms with Gasteiger partial charge in [0, 0.05) is 35.7 Å². The third kappa shape index (κ3) is 6.94. The zero-order valence-electron chi connectivity index (χ0n) is 23.1. The molecule has 14 heteroatoms. The second kappa shape index (κ2) is 11.5. The molecule has 0 spiro atoms. The standard InChI is InChI=1S/C27H31ClF4N4O5/c1-26(2,3)41-25(39)35-12-15(9-20(35)24(38)40-4)10-22(37)34-8-7-18-21(14-34)36(33-23(18)27(30,31)32)13-16-5-6-17(28)11-19(16)29/h5-6,11,15,20H,7-10,12-14H2,1-4H3/t15?,20-/m0/s1. The van der Waals surface area contributed by atoms with Crippen LogP contribution in [0.4, 0.5) is 22.4 Å². The molecule has 0 radical (unpaired) electrons. The normalized spacial score (nSPS) is 19.2. The number of carbonyl (C=O) groups excluding carboxylic acids is 3. The first-order chi connectivity index (χ1) is 19.1. The average molecular weight is 603 g/mol. The summed E-state index contributed by atoms with van der Waals surface area (Å²) >= 11 is 5.80. The van der Waals surface area contributed by atoms with Crippen LogP contribution in [0.25, 0.3) is 0 Å². The molecule has 1 unspecified atom stereocenters. The van der Waals surface area contributed by atoms with E-state index in [1.165, 1.54) is 29.0 Å². The van der Waals surface area contributed by atoms with Crippen molar-refractivity contribution < 1.29 is 41.4 Å². The number of ether oxygens (including phenoxy) is 2. The van der Waals surface area contributed by atoms with Crippen LogP contribution in [0.3, 0.4) is 0 Å². The molecule has 0 bridgehead atoms. The van der Waals surface area contributed by atoms with Crippen molar-refractivity contribution in [3.63, 3.8) is 0 Å². The molecule has 1 saturated heterocycles. The van der Waals surface area contributed by atoms with Crippen LogP contribution in [-0.2, 0) is 44.7 Å². The molecule has 2 amide bonds. The minimum absolute atomic E-state index is 0.0266. The Morgan fingerprint density at radius 3 is 2.49 bits per heavy atom. The van der Waals surface area contributed by atoms with E-state index >= 15 is 0 Å². The number of carbonyl (C=O) groups is 3. The van der Waals surface area contributed by atoms with Gasteiger partial charge in [-0.05, 0) is 51.7 Å². The molecule has 0 aliphatic carbocycles. The Hall–Kier alpha value is -3.35. The molecule has 224 valence electrons. The highest BCUT2D eigenvalue weighted by Crippen LogP contribution is 2.36. The summed E-state index contributed by atoms with van der Waals surface area (Å²) in [6, 6.07) is 2.95. The van der Waals surface area contributed by atoms with E-state index in [1.807, 2.05) is 0 Å². The zero-order valence-corrected chi connectivity index (χ0v) is 23.8. The highest BCUT2D eigenvalue weighted by molar-refractivity contribution is 6.30. The molecule has 0 N–H and O–H groups in total. The van der Waals surface area contributed by atoms with E-state index in [4.69, 9.17) is 21.1 Å². The predicted octanol–water partition coefficient (Wildman–Crippen LogP) is 4.82. The second-order valence-electron chi connectivity index (χ2n) is 11.2. The molecule has 1 aromatic carbocycles. The van der Waals surface area contributed by atoms with Crippen molar-refractivity contribution in [1.29, 1.82) is 0 Å². The number of alkyl halides is 3. The van der Waals surface area contributed by atoms with Crippen LogP contribution in [0.5, 0.6) is 0 Å².